The predicted octanol–water partition coefficient (Wildman–Crippen LogP) is 3.71. The standard InChI is InChI=1S/C23H22Cl2N4O3/c24-17-3-1-2-16(21(17)25)23(13-19(23)30)29-9-5-14(12-20(29)31)18-4-8-26-22(28-18)27-15-6-10-32-11-7-15/h1-5,8-9,12,15,19,30H,6-7,10-11,13H2,(H,26,27,28). The van der Waals surface area contributed by atoms with Crippen molar-refractivity contribution in [3.8, 4) is 11.3 Å². The van der Waals surface area contributed by atoms with Gasteiger partial charge < -0.3 is 19.7 Å². The highest BCUT2D eigenvalue weighted by atomic mass is 35.5. The molecular weight excluding hydrogens is 451 g/mol. The molecular formula is C23H22Cl2N4O3. The van der Waals surface area contributed by atoms with Crippen LogP contribution < -0.4 is 10.9 Å². The Labute approximate surface area is 195 Å². The number of aromatic nitrogens is 3. The monoisotopic (exact) mass is 472 g/mol. The van der Waals surface area contributed by atoms with E-state index < -0.39 is 11.6 Å². The first-order chi connectivity index (χ1) is 15.5. The van der Waals surface area contributed by atoms with Gasteiger partial charge in [-0.15, -0.1) is 0 Å². The van der Waals surface area contributed by atoms with Crippen LogP contribution in [0.1, 0.15) is 24.8 Å². The number of aliphatic hydroxyl groups excluding tert-OH is 1. The van der Waals surface area contributed by atoms with Crippen molar-refractivity contribution in [2.45, 2.75) is 36.9 Å². The molecule has 2 N–H and O–H groups in total. The zero-order chi connectivity index (χ0) is 22.3. The maximum Gasteiger partial charge on any atom is 0.252 e. The number of halogens is 2. The van der Waals surface area contributed by atoms with Gasteiger partial charge in [0, 0.05) is 55.3 Å². The van der Waals surface area contributed by atoms with Gasteiger partial charge in [0.05, 0.1) is 21.8 Å². The molecule has 2 atom stereocenters. The number of nitrogens with zero attached hydrogens (tertiary/aromatic N) is 3. The fourth-order valence-corrected chi connectivity index (χ4v) is 4.80. The number of rotatable bonds is 5. The summed E-state index contributed by atoms with van der Waals surface area (Å²) in [6, 6.07) is 10.6. The number of ether oxygens (including phenoxy) is 1. The van der Waals surface area contributed by atoms with Gasteiger partial charge in [-0.3, -0.25) is 4.79 Å². The average Bonchev–Trinajstić information content (AvgIpc) is 3.47. The molecule has 0 radical (unpaired) electrons. The molecule has 3 aromatic rings. The molecule has 1 aliphatic carbocycles. The Morgan fingerprint density at radius 2 is 1.97 bits per heavy atom. The third-order valence-electron chi connectivity index (χ3n) is 6.17. The largest absolute Gasteiger partial charge is 0.390 e. The second-order valence-electron chi connectivity index (χ2n) is 8.17. The van der Waals surface area contributed by atoms with Crippen molar-refractivity contribution in [2.75, 3.05) is 18.5 Å². The Balaban J connectivity index is 1.46. The van der Waals surface area contributed by atoms with Crippen LogP contribution in [0.2, 0.25) is 10.0 Å². The molecule has 0 bridgehead atoms. The molecule has 1 aliphatic heterocycles. The van der Waals surface area contributed by atoms with E-state index in [1.807, 2.05) is 6.07 Å². The van der Waals surface area contributed by atoms with E-state index in [0.717, 1.165) is 26.1 Å². The second kappa shape index (κ2) is 8.48. The lowest BCUT2D eigenvalue weighted by molar-refractivity contribution is 0.0903. The molecule has 5 rings (SSSR count). The van der Waals surface area contributed by atoms with Gasteiger partial charge in [0.15, 0.2) is 0 Å². The van der Waals surface area contributed by atoms with Gasteiger partial charge in [0.1, 0.15) is 5.54 Å². The Morgan fingerprint density at radius 3 is 2.69 bits per heavy atom. The Kier molecular flexibility index (Phi) is 5.67. The summed E-state index contributed by atoms with van der Waals surface area (Å²) in [5.74, 6) is 0.526. The highest BCUT2D eigenvalue weighted by Gasteiger charge is 2.58. The summed E-state index contributed by atoms with van der Waals surface area (Å²) in [6.07, 6.45) is 4.82. The molecule has 3 heterocycles. The van der Waals surface area contributed by atoms with Crippen LogP contribution >= 0.6 is 23.2 Å². The van der Waals surface area contributed by atoms with Gasteiger partial charge in [0.25, 0.3) is 5.56 Å². The number of benzene rings is 1. The summed E-state index contributed by atoms with van der Waals surface area (Å²) < 4.78 is 6.92. The molecule has 0 amide bonds. The lowest BCUT2D eigenvalue weighted by atomic mass is 10.0. The van der Waals surface area contributed by atoms with E-state index in [1.54, 1.807) is 36.7 Å². The Hall–Kier alpha value is -2.45. The molecule has 2 aliphatic rings. The van der Waals surface area contributed by atoms with Crippen molar-refractivity contribution < 1.29 is 9.84 Å². The molecule has 0 spiro atoms. The quantitative estimate of drug-likeness (QED) is 0.588. The molecule has 166 valence electrons. The molecule has 1 saturated carbocycles. The lowest BCUT2D eigenvalue weighted by Crippen LogP contribution is -2.33. The average molecular weight is 473 g/mol. The first-order valence-corrected chi connectivity index (χ1v) is 11.3. The third kappa shape index (κ3) is 3.79. The minimum atomic E-state index is -0.918. The lowest BCUT2D eigenvalue weighted by Gasteiger charge is -2.23. The third-order valence-corrected chi connectivity index (χ3v) is 6.99. The minimum Gasteiger partial charge on any atom is -0.390 e. The molecule has 7 nitrogen and oxygen atoms in total. The van der Waals surface area contributed by atoms with Crippen molar-refractivity contribution in [1.82, 2.24) is 14.5 Å². The highest BCUT2D eigenvalue weighted by molar-refractivity contribution is 6.42. The van der Waals surface area contributed by atoms with E-state index in [0.29, 0.717) is 39.2 Å². The second-order valence-corrected chi connectivity index (χ2v) is 8.95. The zero-order valence-corrected chi connectivity index (χ0v) is 18.7. The van der Waals surface area contributed by atoms with Gasteiger partial charge in [-0.1, -0.05) is 35.3 Å². The zero-order valence-electron chi connectivity index (χ0n) is 17.2. The maximum absolute atomic E-state index is 13.1. The van der Waals surface area contributed by atoms with Crippen molar-refractivity contribution in [2.24, 2.45) is 0 Å². The van der Waals surface area contributed by atoms with Crippen LogP contribution in [0.4, 0.5) is 5.95 Å². The normalized spacial score (nSPS) is 23.2. The van der Waals surface area contributed by atoms with E-state index in [1.165, 1.54) is 10.6 Å². The summed E-state index contributed by atoms with van der Waals surface area (Å²) in [5.41, 5.74) is 0.779. The van der Waals surface area contributed by atoms with Gasteiger partial charge in [-0.05, 0) is 31.0 Å². The first-order valence-electron chi connectivity index (χ1n) is 10.5. The van der Waals surface area contributed by atoms with Crippen LogP contribution in [-0.2, 0) is 10.3 Å². The first kappa shape index (κ1) is 21.4. The molecule has 9 heteroatoms. The minimum absolute atomic E-state index is 0.257. The van der Waals surface area contributed by atoms with Crippen LogP contribution in [0, 0.1) is 0 Å². The molecule has 2 unspecified atom stereocenters. The highest BCUT2D eigenvalue weighted by Crippen LogP contribution is 2.52. The molecule has 2 aromatic heterocycles. The fourth-order valence-electron chi connectivity index (χ4n) is 4.33. The predicted molar refractivity (Wildman–Crippen MR) is 123 cm³/mol. The summed E-state index contributed by atoms with van der Waals surface area (Å²) in [7, 11) is 0. The van der Waals surface area contributed by atoms with E-state index in [-0.39, 0.29) is 11.6 Å². The summed E-state index contributed by atoms with van der Waals surface area (Å²) >= 11 is 12.6. The Bertz CT molecular complexity index is 1210. The summed E-state index contributed by atoms with van der Waals surface area (Å²) in [6.45, 7) is 1.44. The number of aliphatic hydroxyl groups is 1. The van der Waals surface area contributed by atoms with Crippen molar-refractivity contribution in [3.05, 3.63) is 74.8 Å². The van der Waals surface area contributed by atoms with E-state index in [2.05, 4.69) is 15.3 Å². The summed E-state index contributed by atoms with van der Waals surface area (Å²) in [5, 5.41) is 14.6. The van der Waals surface area contributed by atoms with Crippen LogP contribution in [0.3, 0.4) is 0 Å². The molecule has 32 heavy (non-hydrogen) atoms. The molecule has 1 saturated heterocycles. The van der Waals surface area contributed by atoms with Crippen LogP contribution in [0.15, 0.2) is 53.6 Å². The molecule has 1 aromatic carbocycles. The fraction of sp³-hybridized carbons (Fsp3) is 0.348. The number of hydrogen-bond donors (Lipinski definition) is 2. The van der Waals surface area contributed by atoms with E-state index in [9.17, 15) is 9.90 Å². The van der Waals surface area contributed by atoms with Gasteiger partial charge in [0.2, 0.25) is 5.95 Å². The molecule has 2 fully saturated rings. The van der Waals surface area contributed by atoms with Crippen LogP contribution in [-0.4, -0.2) is 45.0 Å². The van der Waals surface area contributed by atoms with Crippen LogP contribution in [0.5, 0.6) is 0 Å². The van der Waals surface area contributed by atoms with E-state index >= 15 is 0 Å². The van der Waals surface area contributed by atoms with Crippen molar-refractivity contribution in [1.29, 1.82) is 0 Å². The van der Waals surface area contributed by atoms with Crippen LogP contribution in [0.25, 0.3) is 11.3 Å². The topological polar surface area (TPSA) is 89.3 Å². The number of pyridine rings is 1. The Morgan fingerprint density at radius 1 is 1.19 bits per heavy atom. The van der Waals surface area contributed by atoms with Gasteiger partial charge in [-0.25, -0.2) is 9.97 Å². The van der Waals surface area contributed by atoms with Crippen molar-refractivity contribution >= 4 is 29.2 Å². The van der Waals surface area contributed by atoms with Gasteiger partial charge >= 0.3 is 0 Å². The van der Waals surface area contributed by atoms with Gasteiger partial charge in [-0.2, -0.15) is 0 Å². The number of nitrogens with one attached hydrogen (secondary N) is 1. The summed E-state index contributed by atoms with van der Waals surface area (Å²) in [4.78, 5) is 22.0. The van der Waals surface area contributed by atoms with E-state index in [4.69, 9.17) is 27.9 Å². The maximum atomic E-state index is 13.1. The van der Waals surface area contributed by atoms with Crippen molar-refractivity contribution in [3.63, 3.8) is 0 Å². The number of hydrogen-bond acceptors (Lipinski definition) is 6. The smallest absolute Gasteiger partial charge is 0.252 e. The number of anilines is 1. The SMILES string of the molecule is O=c1cc(-c2ccnc(NC3CCOCC3)n2)ccn1C1(c2cccc(Cl)c2Cl)CC1O.